The number of allylic oxidation sites excluding steroid dienone is 4. The Labute approximate surface area is 100 Å². The summed E-state index contributed by atoms with van der Waals surface area (Å²) in [5.74, 6) is 0.143. The average molecular weight is 229 g/mol. The number of nitrogens with zero attached hydrogens (tertiary/aromatic N) is 1. The van der Waals surface area contributed by atoms with Gasteiger partial charge in [0.05, 0.1) is 0 Å². The standard InChI is InChI=1S/C14H15NO2/c1-11(16)14(2)8-6-12(7-9-14)15-10-4-3-5-13(15)17/h3-8,10H,9H2,1-2H3. The van der Waals surface area contributed by atoms with Gasteiger partial charge in [-0.1, -0.05) is 18.2 Å². The molecule has 1 aliphatic carbocycles. The van der Waals surface area contributed by atoms with Gasteiger partial charge in [-0.2, -0.15) is 0 Å². The molecule has 0 amide bonds. The average Bonchev–Trinajstić information content (AvgIpc) is 2.31. The highest BCUT2D eigenvalue weighted by atomic mass is 16.1. The van der Waals surface area contributed by atoms with Crippen molar-refractivity contribution < 1.29 is 4.79 Å². The number of carbonyl (C=O) groups is 1. The zero-order valence-corrected chi connectivity index (χ0v) is 10.0. The molecule has 0 aromatic carbocycles. The summed E-state index contributed by atoms with van der Waals surface area (Å²) in [6, 6.07) is 5.05. The van der Waals surface area contributed by atoms with Crippen LogP contribution in [0.3, 0.4) is 0 Å². The molecule has 1 aliphatic rings. The summed E-state index contributed by atoms with van der Waals surface area (Å²) < 4.78 is 1.58. The van der Waals surface area contributed by atoms with Crippen molar-refractivity contribution in [3.63, 3.8) is 0 Å². The zero-order chi connectivity index (χ0) is 12.5. The van der Waals surface area contributed by atoms with E-state index in [9.17, 15) is 9.59 Å². The predicted molar refractivity (Wildman–Crippen MR) is 67.5 cm³/mol. The van der Waals surface area contributed by atoms with Crippen molar-refractivity contribution in [3.05, 3.63) is 53.0 Å². The van der Waals surface area contributed by atoms with Crippen LogP contribution in [0.2, 0.25) is 0 Å². The monoisotopic (exact) mass is 229 g/mol. The lowest BCUT2D eigenvalue weighted by Crippen LogP contribution is -2.25. The van der Waals surface area contributed by atoms with E-state index in [1.54, 1.807) is 23.8 Å². The molecule has 1 aromatic rings. The molecule has 0 N–H and O–H groups in total. The second-order valence-corrected chi connectivity index (χ2v) is 4.55. The number of aromatic nitrogens is 1. The van der Waals surface area contributed by atoms with Crippen molar-refractivity contribution in [1.29, 1.82) is 0 Å². The number of ketones is 1. The summed E-state index contributed by atoms with van der Waals surface area (Å²) in [4.78, 5) is 23.1. The Morgan fingerprint density at radius 1 is 1.41 bits per heavy atom. The third-order valence-electron chi connectivity index (χ3n) is 3.26. The van der Waals surface area contributed by atoms with Gasteiger partial charge in [-0.05, 0) is 32.4 Å². The number of hydrogen-bond donors (Lipinski definition) is 0. The van der Waals surface area contributed by atoms with Crippen molar-refractivity contribution in [3.8, 4) is 0 Å². The molecule has 0 spiro atoms. The number of rotatable bonds is 2. The van der Waals surface area contributed by atoms with Crippen LogP contribution in [0.1, 0.15) is 20.3 Å². The van der Waals surface area contributed by atoms with Crippen LogP contribution in [0.5, 0.6) is 0 Å². The number of pyridine rings is 1. The third-order valence-corrected chi connectivity index (χ3v) is 3.26. The molecule has 0 radical (unpaired) electrons. The molecule has 0 saturated carbocycles. The summed E-state index contributed by atoms with van der Waals surface area (Å²) in [6.45, 7) is 3.50. The first kappa shape index (κ1) is 11.6. The quantitative estimate of drug-likeness (QED) is 0.780. The molecule has 3 heteroatoms. The molecular weight excluding hydrogens is 214 g/mol. The summed E-state index contributed by atoms with van der Waals surface area (Å²) in [5, 5.41) is 0. The predicted octanol–water partition coefficient (Wildman–Crippen LogP) is 2.24. The van der Waals surface area contributed by atoms with E-state index in [2.05, 4.69) is 0 Å². The van der Waals surface area contributed by atoms with E-state index in [1.165, 1.54) is 6.07 Å². The van der Waals surface area contributed by atoms with Gasteiger partial charge in [0.25, 0.3) is 5.56 Å². The van der Waals surface area contributed by atoms with E-state index in [1.807, 2.05) is 31.2 Å². The second kappa shape index (κ2) is 4.17. The van der Waals surface area contributed by atoms with Gasteiger partial charge in [-0.25, -0.2) is 0 Å². The first-order chi connectivity index (χ1) is 8.03. The molecule has 1 unspecified atom stereocenters. The molecule has 0 bridgehead atoms. The van der Waals surface area contributed by atoms with E-state index < -0.39 is 5.41 Å². The van der Waals surface area contributed by atoms with Crippen LogP contribution in [0.15, 0.2) is 47.4 Å². The van der Waals surface area contributed by atoms with Crippen LogP contribution in [-0.4, -0.2) is 10.4 Å². The van der Waals surface area contributed by atoms with Crippen molar-refractivity contribution in [2.24, 2.45) is 5.41 Å². The van der Waals surface area contributed by atoms with Gasteiger partial charge in [-0.15, -0.1) is 0 Å². The summed E-state index contributed by atoms with van der Waals surface area (Å²) in [5.41, 5.74) is 0.339. The molecule has 88 valence electrons. The van der Waals surface area contributed by atoms with Crippen molar-refractivity contribution in [1.82, 2.24) is 4.57 Å². The van der Waals surface area contributed by atoms with E-state index in [0.29, 0.717) is 6.42 Å². The van der Waals surface area contributed by atoms with Gasteiger partial charge >= 0.3 is 0 Å². The number of carbonyl (C=O) groups excluding carboxylic acids is 1. The highest BCUT2D eigenvalue weighted by molar-refractivity contribution is 5.85. The molecule has 1 atom stereocenters. The molecule has 2 rings (SSSR count). The van der Waals surface area contributed by atoms with Gasteiger partial charge in [0.15, 0.2) is 0 Å². The fourth-order valence-electron chi connectivity index (χ4n) is 1.80. The fourth-order valence-corrected chi connectivity index (χ4v) is 1.80. The summed E-state index contributed by atoms with van der Waals surface area (Å²) in [6.07, 6.45) is 8.02. The maximum absolute atomic E-state index is 11.6. The normalized spacial score (nSPS) is 23.3. The topological polar surface area (TPSA) is 39.1 Å². The first-order valence-corrected chi connectivity index (χ1v) is 5.61. The Morgan fingerprint density at radius 2 is 2.18 bits per heavy atom. The Morgan fingerprint density at radius 3 is 2.71 bits per heavy atom. The minimum Gasteiger partial charge on any atom is -0.299 e. The highest BCUT2D eigenvalue weighted by Crippen LogP contribution is 2.31. The lowest BCUT2D eigenvalue weighted by Gasteiger charge is -2.25. The van der Waals surface area contributed by atoms with Crippen LogP contribution in [0.4, 0.5) is 0 Å². The Hall–Kier alpha value is -1.90. The highest BCUT2D eigenvalue weighted by Gasteiger charge is 2.27. The minimum absolute atomic E-state index is 0.0603. The van der Waals surface area contributed by atoms with Gasteiger partial charge in [-0.3, -0.25) is 14.2 Å². The lowest BCUT2D eigenvalue weighted by atomic mass is 9.80. The number of Topliss-reactive ketones (excluding diaryl/α,β-unsaturated/α-hetero) is 1. The van der Waals surface area contributed by atoms with Gasteiger partial charge in [0.1, 0.15) is 5.78 Å². The molecule has 1 aromatic heterocycles. The van der Waals surface area contributed by atoms with Crippen LogP contribution < -0.4 is 5.56 Å². The van der Waals surface area contributed by atoms with Gasteiger partial charge < -0.3 is 0 Å². The van der Waals surface area contributed by atoms with Crippen LogP contribution in [0.25, 0.3) is 5.70 Å². The Kier molecular flexibility index (Phi) is 2.84. The third kappa shape index (κ3) is 2.13. The Bertz CT molecular complexity index is 566. The Balaban J connectivity index is 2.33. The minimum atomic E-state index is -0.429. The zero-order valence-electron chi connectivity index (χ0n) is 10.0. The maximum atomic E-state index is 11.6. The molecular formula is C14H15NO2. The maximum Gasteiger partial charge on any atom is 0.255 e. The van der Waals surface area contributed by atoms with Crippen molar-refractivity contribution >= 4 is 11.5 Å². The van der Waals surface area contributed by atoms with Crippen molar-refractivity contribution in [2.45, 2.75) is 20.3 Å². The molecule has 0 aliphatic heterocycles. The molecule has 0 fully saturated rings. The fraction of sp³-hybridized carbons (Fsp3) is 0.286. The molecule has 1 heterocycles. The largest absolute Gasteiger partial charge is 0.299 e. The van der Waals surface area contributed by atoms with E-state index in [0.717, 1.165) is 5.70 Å². The van der Waals surface area contributed by atoms with E-state index >= 15 is 0 Å². The molecule has 3 nitrogen and oxygen atoms in total. The lowest BCUT2D eigenvalue weighted by molar-refractivity contribution is -0.123. The van der Waals surface area contributed by atoms with Crippen molar-refractivity contribution in [2.75, 3.05) is 0 Å². The number of hydrogen-bond acceptors (Lipinski definition) is 2. The summed E-state index contributed by atoms with van der Waals surface area (Å²) in [7, 11) is 0. The smallest absolute Gasteiger partial charge is 0.255 e. The first-order valence-electron chi connectivity index (χ1n) is 5.61. The second-order valence-electron chi connectivity index (χ2n) is 4.55. The molecule has 0 saturated heterocycles. The molecule has 17 heavy (non-hydrogen) atoms. The van der Waals surface area contributed by atoms with E-state index in [-0.39, 0.29) is 11.3 Å². The van der Waals surface area contributed by atoms with Crippen LogP contribution >= 0.6 is 0 Å². The van der Waals surface area contributed by atoms with Gasteiger partial charge in [0.2, 0.25) is 0 Å². The SMILES string of the molecule is CC(=O)C1(C)C=CC(n2ccccc2=O)=CC1. The van der Waals surface area contributed by atoms with Crippen LogP contribution in [0, 0.1) is 5.41 Å². The van der Waals surface area contributed by atoms with Gasteiger partial charge in [0, 0.05) is 23.4 Å². The summed E-state index contributed by atoms with van der Waals surface area (Å²) >= 11 is 0. The van der Waals surface area contributed by atoms with E-state index in [4.69, 9.17) is 0 Å². The van der Waals surface area contributed by atoms with Crippen LogP contribution in [-0.2, 0) is 4.79 Å².